The van der Waals surface area contributed by atoms with Gasteiger partial charge in [0.15, 0.2) is 0 Å². The molecule has 0 unspecified atom stereocenters. The quantitative estimate of drug-likeness (QED) is 0.755. The van der Waals surface area contributed by atoms with Gasteiger partial charge in [-0.25, -0.2) is 0 Å². The van der Waals surface area contributed by atoms with Crippen LogP contribution in [-0.4, -0.2) is 16.9 Å². The summed E-state index contributed by atoms with van der Waals surface area (Å²) < 4.78 is 7.02. The molecule has 4 nitrogen and oxygen atoms in total. The van der Waals surface area contributed by atoms with Gasteiger partial charge in [0.1, 0.15) is 5.75 Å². The van der Waals surface area contributed by atoms with Gasteiger partial charge in [-0.15, -0.1) is 0 Å². The number of nitrogens with zero attached hydrogens (tertiary/aromatic N) is 2. The van der Waals surface area contributed by atoms with Crippen LogP contribution in [-0.2, 0) is 7.05 Å². The average Bonchev–Trinajstić information content (AvgIpc) is 2.64. The molecule has 0 fully saturated rings. The van der Waals surface area contributed by atoms with E-state index in [2.05, 4.69) is 5.10 Å². The highest BCUT2D eigenvalue weighted by atomic mass is 16.5. The van der Waals surface area contributed by atoms with Crippen molar-refractivity contribution in [1.82, 2.24) is 9.78 Å². The molecule has 0 atom stereocenters. The molecular formula is C11H13N3O. The molecule has 15 heavy (non-hydrogen) atoms. The van der Waals surface area contributed by atoms with Crippen molar-refractivity contribution in [2.45, 2.75) is 0 Å². The third-order valence-electron chi connectivity index (χ3n) is 2.22. The van der Waals surface area contributed by atoms with Gasteiger partial charge in [-0.3, -0.25) is 4.68 Å². The summed E-state index contributed by atoms with van der Waals surface area (Å²) in [5.74, 6) is 0.744. The molecule has 0 amide bonds. The lowest BCUT2D eigenvalue weighted by atomic mass is 10.1. The van der Waals surface area contributed by atoms with Crippen molar-refractivity contribution in [2.75, 3.05) is 12.8 Å². The number of ether oxygens (including phenoxy) is 1. The Morgan fingerprint density at radius 3 is 2.73 bits per heavy atom. The van der Waals surface area contributed by atoms with E-state index in [9.17, 15) is 0 Å². The molecule has 2 N–H and O–H groups in total. The number of benzene rings is 1. The SMILES string of the molecule is COc1cc(N)ccc1-c1ccn(C)n1. The van der Waals surface area contributed by atoms with Crippen molar-refractivity contribution >= 4 is 5.69 Å². The Morgan fingerprint density at radius 1 is 1.33 bits per heavy atom. The van der Waals surface area contributed by atoms with Crippen molar-refractivity contribution in [3.8, 4) is 17.0 Å². The second kappa shape index (κ2) is 3.65. The number of anilines is 1. The number of aromatic nitrogens is 2. The lowest BCUT2D eigenvalue weighted by molar-refractivity contribution is 0.416. The van der Waals surface area contributed by atoms with E-state index in [0.29, 0.717) is 5.69 Å². The predicted octanol–water partition coefficient (Wildman–Crippen LogP) is 1.68. The van der Waals surface area contributed by atoms with Gasteiger partial charge in [-0.2, -0.15) is 5.10 Å². The first-order valence-corrected chi connectivity index (χ1v) is 4.64. The van der Waals surface area contributed by atoms with E-state index in [1.54, 1.807) is 17.9 Å². The largest absolute Gasteiger partial charge is 0.496 e. The minimum atomic E-state index is 0.687. The fourth-order valence-corrected chi connectivity index (χ4v) is 1.48. The summed E-state index contributed by atoms with van der Waals surface area (Å²) in [6.45, 7) is 0. The fraction of sp³-hybridized carbons (Fsp3) is 0.182. The Hall–Kier alpha value is -1.97. The Balaban J connectivity index is 2.52. The van der Waals surface area contributed by atoms with Gasteiger partial charge in [-0.1, -0.05) is 0 Å². The first kappa shape index (κ1) is 9.58. The van der Waals surface area contributed by atoms with Gasteiger partial charge in [0.2, 0.25) is 0 Å². The van der Waals surface area contributed by atoms with Gasteiger partial charge in [0.05, 0.1) is 12.8 Å². The Morgan fingerprint density at radius 2 is 2.13 bits per heavy atom. The lowest BCUT2D eigenvalue weighted by Gasteiger charge is -2.06. The van der Waals surface area contributed by atoms with Gasteiger partial charge < -0.3 is 10.5 Å². The van der Waals surface area contributed by atoms with Crippen LogP contribution in [0.5, 0.6) is 5.75 Å². The summed E-state index contributed by atoms with van der Waals surface area (Å²) in [5.41, 5.74) is 8.20. The monoisotopic (exact) mass is 203 g/mol. The normalized spacial score (nSPS) is 10.3. The molecule has 2 rings (SSSR count). The van der Waals surface area contributed by atoms with Gasteiger partial charge in [0.25, 0.3) is 0 Å². The van der Waals surface area contributed by atoms with Crippen molar-refractivity contribution in [1.29, 1.82) is 0 Å². The molecule has 0 aliphatic heterocycles. The zero-order chi connectivity index (χ0) is 10.8. The highest BCUT2D eigenvalue weighted by molar-refractivity contribution is 5.69. The van der Waals surface area contributed by atoms with Crippen LogP contribution in [0.25, 0.3) is 11.3 Å². The molecule has 1 aromatic heterocycles. The lowest BCUT2D eigenvalue weighted by Crippen LogP contribution is -1.93. The summed E-state index contributed by atoms with van der Waals surface area (Å²) >= 11 is 0. The first-order chi connectivity index (χ1) is 7.20. The third-order valence-corrected chi connectivity index (χ3v) is 2.22. The summed E-state index contributed by atoms with van der Waals surface area (Å²) in [6.07, 6.45) is 1.89. The smallest absolute Gasteiger partial charge is 0.130 e. The van der Waals surface area contributed by atoms with Crippen molar-refractivity contribution < 1.29 is 4.74 Å². The molecule has 78 valence electrons. The summed E-state index contributed by atoms with van der Waals surface area (Å²) in [4.78, 5) is 0. The van der Waals surface area contributed by atoms with E-state index in [-0.39, 0.29) is 0 Å². The maximum atomic E-state index is 5.68. The van der Waals surface area contributed by atoms with E-state index in [0.717, 1.165) is 17.0 Å². The zero-order valence-corrected chi connectivity index (χ0v) is 8.77. The van der Waals surface area contributed by atoms with E-state index < -0.39 is 0 Å². The van der Waals surface area contributed by atoms with E-state index in [1.165, 1.54) is 0 Å². The number of hydrogen-bond donors (Lipinski definition) is 1. The van der Waals surface area contributed by atoms with E-state index >= 15 is 0 Å². The van der Waals surface area contributed by atoms with Gasteiger partial charge in [0, 0.05) is 30.6 Å². The highest BCUT2D eigenvalue weighted by Gasteiger charge is 2.08. The predicted molar refractivity (Wildman–Crippen MR) is 59.6 cm³/mol. The number of aryl methyl sites for hydroxylation is 1. The molecule has 0 spiro atoms. The second-order valence-corrected chi connectivity index (χ2v) is 3.33. The first-order valence-electron chi connectivity index (χ1n) is 4.64. The van der Waals surface area contributed by atoms with Crippen LogP contribution in [0.1, 0.15) is 0 Å². The molecule has 1 heterocycles. The summed E-state index contributed by atoms with van der Waals surface area (Å²) in [7, 11) is 3.51. The molecule has 4 heteroatoms. The van der Waals surface area contributed by atoms with Crippen LogP contribution >= 0.6 is 0 Å². The molecule has 0 aliphatic carbocycles. The van der Waals surface area contributed by atoms with Crippen LogP contribution in [0.15, 0.2) is 30.5 Å². The molecule has 0 bridgehead atoms. The van der Waals surface area contributed by atoms with Crippen LogP contribution < -0.4 is 10.5 Å². The van der Waals surface area contributed by atoms with Crippen molar-refractivity contribution in [3.63, 3.8) is 0 Å². The van der Waals surface area contributed by atoms with Crippen molar-refractivity contribution in [2.24, 2.45) is 7.05 Å². The fourth-order valence-electron chi connectivity index (χ4n) is 1.48. The van der Waals surface area contributed by atoms with Crippen LogP contribution in [0, 0.1) is 0 Å². The van der Waals surface area contributed by atoms with E-state index in [4.69, 9.17) is 10.5 Å². The standard InChI is InChI=1S/C11H13N3O/c1-14-6-5-10(13-14)9-4-3-8(12)7-11(9)15-2/h3-7H,12H2,1-2H3. The minimum absolute atomic E-state index is 0.687. The number of nitrogens with two attached hydrogens (primary N) is 1. The topological polar surface area (TPSA) is 53.1 Å². The third kappa shape index (κ3) is 1.79. The van der Waals surface area contributed by atoms with Crippen LogP contribution in [0.4, 0.5) is 5.69 Å². The van der Waals surface area contributed by atoms with Gasteiger partial charge in [-0.05, 0) is 18.2 Å². The minimum Gasteiger partial charge on any atom is -0.496 e. The molecule has 0 saturated carbocycles. The molecular weight excluding hydrogens is 190 g/mol. The Labute approximate surface area is 88.3 Å². The maximum absolute atomic E-state index is 5.68. The highest BCUT2D eigenvalue weighted by Crippen LogP contribution is 2.30. The number of rotatable bonds is 2. The Kier molecular flexibility index (Phi) is 2.33. The molecule has 0 aliphatic rings. The van der Waals surface area contributed by atoms with E-state index in [1.807, 2.05) is 31.4 Å². The maximum Gasteiger partial charge on any atom is 0.130 e. The number of nitrogen functional groups attached to an aromatic ring is 1. The zero-order valence-electron chi connectivity index (χ0n) is 8.77. The van der Waals surface area contributed by atoms with Crippen LogP contribution in [0.2, 0.25) is 0 Å². The van der Waals surface area contributed by atoms with Crippen molar-refractivity contribution in [3.05, 3.63) is 30.5 Å². The summed E-state index contributed by atoms with van der Waals surface area (Å²) in [5, 5.41) is 4.32. The summed E-state index contributed by atoms with van der Waals surface area (Å²) in [6, 6.07) is 7.49. The number of hydrogen-bond acceptors (Lipinski definition) is 3. The molecule has 0 radical (unpaired) electrons. The number of methoxy groups -OCH3 is 1. The second-order valence-electron chi connectivity index (χ2n) is 3.33. The Bertz CT molecular complexity index is 476. The molecule has 2 aromatic rings. The average molecular weight is 203 g/mol. The van der Waals surface area contributed by atoms with Crippen LogP contribution in [0.3, 0.4) is 0 Å². The molecule has 1 aromatic carbocycles. The van der Waals surface area contributed by atoms with Gasteiger partial charge >= 0.3 is 0 Å². The molecule has 0 saturated heterocycles.